The SMILES string of the molecule is COc1ccc2nc(NC(=O)Cn3c(C)cc(=O)cc3C)sc2c1. The molecule has 1 N–H and O–H groups in total. The summed E-state index contributed by atoms with van der Waals surface area (Å²) in [6, 6.07) is 8.62. The predicted molar refractivity (Wildman–Crippen MR) is 95.0 cm³/mol. The molecule has 0 fully saturated rings. The minimum absolute atomic E-state index is 0.0539. The molecule has 1 aromatic carbocycles. The van der Waals surface area contributed by atoms with E-state index in [0.29, 0.717) is 5.13 Å². The van der Waals surface area contributed by atoms with Crippen LogP contribution in [0.1, 0.15) is 11.4 Å². The number of nitrogens with zero attached hydrogens (tertiary/aromatic N) is 2. The zero-order chi connectivity index (χ0) is 17.3. The molecule has 6 nitrogen and oxygen atoms in total. The molecule has 24 heavy (non-hydrogen) atoms. The van der Waals surface area contributed by atoms with E-state index in [4.69, 9.17) is 4.74 Å². The first-order chi connectivity index (χ1) is 11.5. The molecule has 0 radical (unpaired) electrons. The van der Waals surface area contributed by atoms with Crippen molar-refractivity contribution in [3.63, 3.8) is 0 Å². The topological polar surface area (TPSA) is 73.2 Å². The van der Waals surface area contributed by atoms with Crippen molar-refractivity contribution >= 4 is 32.6 Å². The van der Waals surface area contributed by atoms with Gasteiger partial charge >= 0.3 is 0 Å². The number of amides is 1. The van der Waals surface area contributed by atoms with E-state index in [1.54, 1.807) is 11.7 Å². The molecule has 2 heterocycles. The number of carbonyl (C=O) groups excluding carboxylic acids is 1. The summed E-state index contributed by atoms with van der Waals surface area (Å²) in [5.74, 6) is 0.569. The molecule has 0 saturated heterocycles. The van der Waals surface area contributed by atoms with E-state index >= 15 is 0 Å². The van der Waals surface area contributed by atoms with Gasteiger partial charge in [0.2, 0.25) is 5.91 Å². The number of thiazole rings is 1. The number of aryl methyl sites for hydroxylation is 2. The molecule has 0 aliphatic rings. The van der Waals surface area contributed by atoms with Crippen LogP contribution >= 0.6 is 11.3 Å². The summed E-state index contributed by atoms with van der Waals surface area (Å²) in [4.78, 5) is 28.2. The van der Waals surface area contributed by atoms with Gasteiger partial charge in [-0.25, -0.2) is 4.98 Å². The molecule has 0 aliphatic heterocycles. The van der Waals surface area contributed by atoms with E-state index < -0.39 is 0 Å². The number of aromatic nitrogens is 2. The van der Waals surface area contributed by atoms with Gasteiger partial charge in [0.25, 0.3) is 0 Å². The molecular formula is C17H17N3O3S. The number of anilines is 1. The van der Waals surface area contributed by atoms with Crippen molar-refractivity contribution in [2.45, 2.75) is 20.4 Å². The number of hydrogen-bond acceptors (Lipinski definition) is 5. The monoisotopic (exact) mass is 343 g/mol. The Morgan fingerprint density at radius 3 is 2.62 bits per heavy atom. The smallest absolute Gasteiger partial charge is 0.246 e. The second-order valence-electron chi connectivity index (χ2n) is 5.46. The number of benzene rings is 1. The maximum Gasteiger partial charge on any atom is 0.246 e. The Morgan fingerprint density at radius 1 is 1.25 bits per heavy atom. The summed E-state index contributed by atoms with van der Waals surface area (Å²) in [5, 5.41) is 3.36. The van der Waals surface area contributed by atoms with Crippen LogP contribution in [0.25, 0.3) is 10.2 Å². The third kappa shape index (κ3) is 3.30. The minimum atomic E-state index is -0.184. The number of pyridine rings is 1. The lowest BCUT2D eigenvalue weighted by molar-refractivity contribution is -0.116. The molecule has 0 unspecified atom stereocenters. The van der Waals surface area contributed by atoms with Crippen LogP contribution in [0.2, 0.25) is 0 Å². The highest BCUT2D eigenvalue weighted by atomic mass is 32.1. The van der Waals surface area contributed by atoms with Gasteiger partial charge < -0.3 is 14.6 Å². The molecule has 2 aromatic heterocycles. The number of hydrogen-bond donors (Lipinski definition) is 1. The number of carbonyl (C=O) groups is 1. The number of methoxy groups -OCH3 is 1. The van der Waals surface area contributed by atoms with Gasteiger partial charge in [0.05, 0.1) is 17.3 Å². The number of fused-ring (bicyclic) bond motifs is 1. The second kappa shape index (κ2) is 6.45. The number of ether oxygens (including phenoxy) is 1. The molecule has 0 aliphatic carbocycles. The molecule has 3 aromatic rings. The first kappa shape index (κ1) is 16.2. The van der Waals surface area contributed by atoms with Crippen molar-refractivity contribution in [2.75, 3.05) is 12.4 Å². The van der Waals surface area contributed by atoms with Gasteiger partial charge in [-0.2, -0.15) is 0 Å². The van der Waals surface area contributed by atoms with Gasteiger partial charge in [0.15, 0.2) is 10.6 Å². The predicted octanol–water partition coefficient (Wildman–Crippen LogP) is 2.72. The maximum atomic E-state index is 12.3. The highest BCUT2D eigenvalue weighted by Crippen LogP contribution is 2.29. The van der Waals surface area contributed by atoms with E-state index in [2.05, 4.69) is 10.3 Å². The average molecular weight is 343 g/mol. The Balaban J connectivity index is 1.79. The van der Waals surface area contributed by atoms with Crippen molar-refractivity contribution in [3.8, 4) is 5.75 Å². The average Bonchev–Trinajstić information content (AvgIpc) is 2.91. The first-order valence-electron chi connectivity index (χ1n) is 7.39. The summed E-state index contributed by atoms with van der Waals surface area (Å²) in [6.07, 6.45) is 0. The number of rotatable bonds is 4. The maximum absolute atomic E-state index is 12.3. The lowest BCUT2D eigenvalue weighted by atomic mass is 10.3. The molecular weight excluding hydrogens is 326 g/mol. The molecule has 0 spiro atoms. The summed E-state index contributed by atoms with van der Waals surface area (Å²) in [7, 11) is 1.61. The lowest BCUT2D eigenvalue weighted by Crippen LogP contribution is -2.23. The van der Waals surface area contributed by atoms with Crippen LogP contribution in [0, 0.1) is 13.8 Å². The van der Waals surface area contributed by atoms with Crippen LogP contribution in [-0.4, -0.2) is 22.6 Å². The van der Waals surface area contributed by atoms with E-state index in [1.807, 2.05) is 32.0 Å². The Hall–Kier alpha value is -2.67. The third-order valence-corrected chi connectivity index (χ3v) is 4.63. The van der Waals surface area contributed by atoms with Crippen molar-refractivity contribution < 1.29 is 9.53 Å². The van der Waals surface area contributed by atoms with E-state index in [9.17, 15) is 9.59 Å². The molecule has 0 atom stereocenters. The molecule has 0 saturated carbocycles. The van der Waals surface area contributed by atoms with Gasteiger partial charge in [0.1, 0.15) is 12.3 Å². The molecule has 1 amide bonds. The normalized spacial score (nSPS) is 10.8. The Bertz CT molecular complexity index is 949. The molecule has 7 heteroatoms. The fourth-order valence-electron chi connectivity index (χ4n) is 2.52. The fourth-order valence-corrected chi connectivity index (χ4v) is 3.44. The fraction of sp³-hybridized carbons (Fsp3) is 0.235. The van der Waals surface area contributed by atoms with Gasteiger partial charge in [-0.1, -0.05) is 11.3 Å². The number of nitrogens with one attached hydrogen (secondary N) is 1. The minimum Gasteiger partial charge on any atom is -0.497 e. The first-order valence-corrected chi connectivity index (χ1v) is 8.20. The Morgan fingerprint density at radius 2 is 1.96 bits per heavy atom. The largest absolute Gasteiger partial charge is 0.497 e. The lowest BCUT2D eigenvalue weighted by Gasteiger charge is -2.13. The summed E-state index contributed by atoms with van der Waals surface area (Å²) in [5.41, 5.74) is 2.27. The van der Waals surface area contributed by atoms with Crippen LogP contribution in [-0.2, 0) is 11.3 Å². The van der Waals surface area contributed by atoms with E-state index in [-0.39, 0.29) is 17.9 Å². The zero-order valence-corrected chi connectivity index (χ0v) is 14.4. The van der Waals surface area contributed by atoms with Crippen LogP contribution in [0.4, 0.5) is 5.13 Å². The van der Waals surface area contributed by atoms with Gasteiger partial charge in [-0.15, -0.1) is 0 Å². The Labute approximate surface area is 142 Å². The third-order valence-electron chi connectivity index (χ3n) is 3.70. The van der Waals surface area contributed by atoms with Gasteiger partial charge in [-0.3, -0.25) is 9.59 Å². The summed E-state index contributed by atoms with van der Waals surface area (Å²) >= 11 is 1.39. The second-order valence-corrected chi connectivity index (χ2v) is 6.49. The van der Waals surface area contributed by atoms with Gasteiger partial charge in [0, 0.05) is 23.5 Å². The molecule has 124 valence electrons. The molecule has 3 rings (SSSR count). The van der Waals surface area contributed by atoms with Crippen molar-refractivity contribution in [1.29, 1.82) is 0 Å². The summed E-state index contributed by atoms with van der Waals surface area (Å²) < 4.78 is 7.93. The van der Waals surface area contributed by atoms with E-state index in [0.717, 1.165) is 27.4 Å². The van der Waals surface area contributed by atoms with E-state index in [1.165, 1.54) is 23.5 Å². The van der Waals surface area contributed by atoms with Crippen molar-refractivity contribution in [2.24, 2.45) is 0 Å². The van der Waals surface area contributed by atoms with Crippen molar-refractivity contribution in [1.82, 2.24) is 9.55 Å². The van der Waals surface area contributed by atoms with Crippen LogP contribution in [0.3, 0.4) is 0 Å². The van der Waals surface area contributed by atoms with Gasteiger partial charge in [-0.05, 0) is 32.0 Å². The standard InChI is InChI=1S/C17H17N3O3S/c1-10-6-12(21)7-11(2)20(10)9-16(22)19-17-18-14-5-4-13(23-3)8-15(14)24-17/h4-8H,9H2,1-3H3,(H,18,19,22). The Kier molecular flexibility index (Phi) is 4.35. The highest BCUT2D eigenvalue weighted by Gasteiger charge is 2.11. The van der Waals surface area contributed by atoms with Crippen LogP contribution < -0.4 is 15.5 Å². The van der Waals surface area contributed by atoms with Crippen LogP contribution in [0.5, 0.6) is 5.75 Å². The highest BCUT2D eigenvalue weighted by molar-refractivity contribution is 7.22. The molecule has 0 bridgehead atoms. The van der Waals surface area contributed by atoms with Crippen LogP contribution in [0.15, 0.2) is 35.1 Å². The van der Waals surface area contributed by atoms with Crippen molar-refractivity contribution in [3.05, 3.63) is 51.9 Å². The quantitative estimate of drug-likeness (QED) is 0.790. The zero-order valence-electron chi connectivity index (χ0n) is 13.6. The summed E-state index contributed by atoms with van der Waals surface area (Å²) in [6.45, 7) is 3.76.